The molecular formula is C23H40N2O2. The van der Waals surface area contributed by atoms with E-state index in [1.165, 1.54) is 70.6 Å². The number of nitrogen functional groups attached to an aromatic ring is 2. The second-order valence-electron chi connectivity index (χ2n) is 7.77. The zero-order valence-corrected chi connectivity index (χ0v) is 17.2. The Morgan fingerprint density at radius 3 is 1.81 bits per heavy atom. The van der Waals surface area contributed by atoms with Crippen LogP contribution in [0.25, 0.3) is 0 Å². The van der Waals surface area contributed by atoms with Crippen molar-refractivity contribution < 1.29 is 9.90 Å². The number of carbonyl (C=O) groups is 1. The van der Waals surface area contributed by atoms with E-state index in [4.69, 9.17) is 11.5 Å². The molecule has 4 nitrogen and oxygen atoms in total. The lowest BCUT2D eigenvalue weighted by Crippen LogP contribution is -2.14. The molecule has 0 radical (unpaired) electrons. The van der Waals surface area contributed by atoms with Gasteiger partial charge in [-0.25, -0.2) is 0 Å². The van der Waals surface area contributed by atoms with Crippen LogP contribution in [0.1, 0.15) is 108 Å². The highest BCUT2D eigenvalue weighted by Crippen LogP contribution is 2.31. The summed E-state index contributed by atoms with van der Waals surface area (Å²) >= 11 is 0. The van der Waals surface area contributed by atoms with Gasteiger partial charge in [0, 0.05) is 0 Å². The SMILES string of the molecule is CCCCCCCCCCCCCCCC(C(=O)O)c1cccc(N)c1N. The second kappa shape index (κ2) is 14.4. The molecule has 5 N–H and O–H groups in total. The number of carboxylic acid groups (broad SMARTS) is 1. The number of hydrogen-bond donors (Lipinski definition) is 3. The summed E-state index contributed by atoms with van der Waals surface area (Å²) in [6.45, 7) is 2.26. The maximum Gasteiger partial charge on any atom is 0.311 e. The number of hydrogen-bond acceptors (Lipinski definition) is 3. The van der Waals surface area contributed by atoms with E-state index in [1.54, 1.807) is 18.2 Å². The molecule has 0 aromatic heterocycles. The van der Waals surface area contributed by atoms with E-state index in [9.17, 15) is 9.90 Å². The van der Waals surface area contributed by atoms with Crippen LogP contribution >= 0.6 is 0 Å². The third-order valence-corrected chi connectivity index (χ3v) is 5.44. The Hall–Kier alpha value is -1.71. The summed E-state index contributed by atoms with van der Waals surface area (Å²) in [5.41, 5.74) is 13.3. The topological polar surface area (TPSA) is 89.3 Å². The van der Waals surface area contributed by atoms with E-state index in [0.29, 0.717) is 23.4 Å². The number of para-hydroxylation sites is 1. The molecule has 1 rings (SSSR count). The first kappa shape index (κ1) is 23.3. The summed E-state index contributed by atoms with van der Waals surface area (Å²) in [6, 6.07) is 5.27. The van der Waals surface area contributed by atoms with Gasteiger partial charge in [-0.2, -0.15) is 0 Å². The predicted octanol–water partition coefficient (Wildman–Crippen LogP) is 6.50. The number of benzene rings is 1. The monoisotopic (exact) mass is 376 g/mol. The van der Waals surface area contributed by atoms with Crippen LogP contribution in [0.3, 0.4) is 0 Å². The fourth-order valence-corrected chi connectivity index (χ4v) is 3.68. The van der Waals surface area contributed by atoms with Crippen LogP contribution in [0.4, 0.5) is 11.4 Å². The lowest BCUT2D eigenvalue weighted by molar-refractivity contribution is -0.139. The lowest BCUT2D eigenvalue weighted by Gasteiger charge is -2.16. The van der Waals surface area contributed by atoms with Crippen molar-refractivity contribution in [1.82, 2.24) is 0 Å². The molecule has 0 saturated carbocycles. The highest BCUT2D eigenvalue weighted by Gasteiger charge is 2.22. The van der Waals surface area contributed by atoms with Crippen molar-refractivity contribution >= 4 is 17.3 Å². The third kappa shape index (κ3) is 9.69. The molecule has 1 aromatic rings. The van der Waals surface area contributed by atoms with Crippen molar-refractivity contribution in [3.8, 4) is 0 Å². The van der Waals surface area contributed by atoms with Gasteiger partial charge < -0.3 is 16.6 Å². The van der Waals surface area contributed by atoms with E-state index < -0.39 is 11.9 Å². The number of anilines is 2. The van der Waals surface area contributed by atoms with Crippen LogP contribution in [0.15, 0.2) is 18.2 Å². The molecule has 1 atom stereocenters. The van der Waals surface area contributed by atoms with Crippen molar-refractivity contribution in [3.63, 3.8) is 0 Å². The molecule has 0 aliphatic carbocycles. The Morgan fingerprint density at radius 2 is 1.33 bits per heavy atom. The second-order valence-corrected chi connectivity index (χ2v) is 7.77. The van der Waals surface area contributed by atoms with Gasteiger partial charge in [0.05, 0.1) is 17.3 Å². The first-order chi connectivity index (χ1) is 13.1. The van der Waals surface area contributed by atoms with Crippen LogP contribution in [-0.2, 0) is 4.79 Å². The Morgan fingerprint density at radius 1 is 0.852 bits per heavy atom. The van der Waals surface area contributed by atoms with Crippen molar-refractivity contribution in [1.29, 1.82) is 0 Å². The molecule has 0 spiro atoms. The van der Waals surface area contributed by atoms with Gasteiger partial charge in [-0.15, -0.1) is 0 Å². The molecule has 0 amide bonds. The molecule has 0 aliphatic heterocycles. The molecule has 0 aliphatic rings. The summed E-state index contributed by atoms with van der Waals surface area (Å²) in [5.74, 6) is -1.37. The van der Waals surface area contributed by atoms with Gasteiger partial charge in [-0.3, -0.25) is 4.79 Å². The minimum absolute atomic E-state index is 0.416. The van der Waals surface area contributed by atoms with Gasteiger partial charge in [0.2, 0.25) is 0 Å². The molecule has 4 heteroatoms. The molecule has 0 saturated heterocycles. The quantitative estimate of drug-likeness (QED) is 0.227. The normalized spacial score (nSPS) is 12.2. The van der Waals surface area contributed by atoms with Crippen molar-refractivity contribution in [3.05, 3.63) is 23.8 Å². The Labute approximate surface area is 165 Å². The van der Waals surface area contributed by atoms with Crippen LogP contribution in [0.2, 0.25) is 0 Å². The highest BCUT2D eigenvalue weighted by atomic mass is 16.4. The Bertz CT molecular complexity index is 531. The van der Waals surface area contributed by atoms with E-state index in [-0.39, 0.29) is 0 Å². The zero-order valence-electron chi connectivity index (χ0n) is 17.2. The minimum atomic E-state index is -0.814. The first-order valence-electron chi connectivity index (χ1n) is 10.9. The minimum Gasteiger partial charge on any atom is -0.481 e. The van der Waals surface area contributed by atoms with Gasteiger partial charge in [0.25, 0.3) is 0 Å². The number of nitrogens with two attached hydrogens (primary N) is 2. The highest BCUT2D eigenvalue weighted by molar-refractivity contribution is 5.81. The van der Waals surface area contributed by atoms with Gasteiger partial charge in [0.1, 0.15) is 0 Å². The number of unbranched alkanes of at least 4 members (excludes halogenated alkanes) is 12. The first-order valence-corrected chi connectivity index (χ1v) is 10.9. The zero-order chi connectivity index (χ0) is 19.9. The number of carboxylic acids is 1. The molecule has 0 heterocycles. The summed E-state index contributed by atoms with van der Waals surface area (Å²) in [4.78, 5) is 11.6. The van der Waals surface area contributed by atoms with Crippen LogP contribution in [0.5, 0.6) is 0 Å². The standard InChI is InChI=1S/C23H40N2O2/c1-2-3-4-5-6-7-8-9-10-11-12-13-14-16-20(23(26)27)19-17-15-18-21(24)22(19)25/h15,17-18,20H,2-14,16,24-25H2,1H3,(H,26,27). The molecule has 1 aromatic carbocycles. The fraction of sp³-hybridized carbons (Fsp3) is 0.696. The van der Waals surface area contributed by atoms with Gasteiger partial charge in [0.15, 0.2) is 0 Å². The fourth-order valence-electron chi connectivity index (χ4n) is 3.68. The van der Waals surface area contributed by atoms with E-state index in [0.717, 1.165) is 12.8 Å². The van der Waals surface area contributed by atoms with Crippen LogP contribution in [0, 0.1) is 0 Å². The smallest absolute Gasteiger partial charge is 0.311 e. The predicted molar refractivity (Wildman–Crippen MR) is 116 cm³/mol. The summed E-state index contributed by atoms with van der Waals surface area (Å²) < 4.78 is 0. The molecule has 27 heavy (non-hydrogen) atoms. The van der Waals surface area contributed by atoms with Crippen molar-refractivity contribution in [2.45, 2.75) is 103 Å². The van der Waals surface area contributed by atoms with Gasteiger partial charge in [-0.05, 0) is 18.1 Å². The molecule has 0 fully saturated rings. The van der Waals surface area contributed by atoms with E-state index >= 15 is 0 Å². The maximum absolute atomic E-state index is 11.6. The molecule has 1 unspecified atom stereocenters. The Kier molecular flexibility index (Phi) is 12.4. The average molecular weight is 377 g/mol. The van der Waals surface area contributed by atoms with Crippen LogP contribution in [-0.4, -0.2) is 11.1 Å². The van der Waals surface area contributed by atoms with E-state index in [2.05, 4.69) is 6.92 Å². The third-order valence-electron chi connectivity index (χ3n) is 5.44. The van der Waals surface area contributed by atoms with Gasteiger partial charge in [-0.1, -0.05) is 103 Å². The molecule has 154 valence electrons. The summed E-state index contributed by atoms with van der Waals surface area (Å²) in [6.07, 6.45) is 17.4. The average Bonchev–Trinajstić information content (AvgIpc) is 2.64. The Balaban J connectivity index is 2.11. The molecular weight excluding hydrogens is 336 g/mol. The van der Waals surface area contributed by atoms with Crippen LogP contribution < -0.4 is 11.5 Å². The summed E-state index contributed by atoms with van der Waals surface area (Å²) in [7, 11) is 0. The summed E-state index contributed by atoms with van der Waals surface area (Å²) in [5, 5.41) is 9.54. The number of aliphatic carboxylic acids is 1. The molecule has 0 bridgehead atoms. The number of rotatable bonds is 16. The lowest BCUT2D eigenvalue weighted by atomic mass is 9.91. The van der Waals surface area contributed by atoms with Crippen molar-refractivity contribution in [2.75, 3.05) is 11.5 Å². The van der Waals surface area contributed by atoms with Gasteiger partial charge >= 0.3 is 5.97 Å². The maximum atomic E-state index is 11.6. The van der Waals surface area contributed by atoms with Crippen molar-refractivity contribution in [2.24, 2.45) is 0 Å². The largest absolute Gasteiger partial charge is 0.481 e. The van der Waals surface area contributed by atoms with E-state index in [1.807, 2.05) is 0 Å².